The van der Waals surface area contributed by atoms with Crippen LogP contribution < -0.4 is 5.32 Å². The van der Waals surface area contributed by atoms with E-state index in [1.165, 1.54) is 16.7 Å². The SMILES string of the molecule is Cc1ccc(-n2nc(C)c(NC(=O)CN3CC=C(c4ccccc4)CC3)c2C)cc1. The van der Waals surface area contributed by atoms with E-state index in [9.17, 15) is 4.79 Å². The molecule has 1 amide bonds. The number of amides is 1. The lowest BCUT2D eigenvalue weighted by Gasteiger charge is -2.25. The summed E-state index contributed by atoms with van der Waals surface area (Å²) in [6.07, 6.45) is 3.19. The van der Waals surface area contributed by atoms with E-state index in [4.69, 9.17) is 0 Å². The summed E-state index contributed by atoms with van der Waals surface area (Å²) < 4.78 is 1.89. The number of rotatable bonds is 5. The molecule has 30 heavy (non-hydrogen) atoms. The van der Waals surface area contributed by atoms with Crippen molar-refractivity contribution < 1.29 is 4.79 Å². The van der Waals surface area contributed by atoms with Crippen molar-refractivity contribution in [3.05, 3.63) is 83.2 Å². The summed E-state index contributed by atoms with van der Waals surface area (Å²) in [6.45, 7) is 8.05. The van der Waals surface area contributed by atoms with Gasteiger partial charge in [-0.15, -0.1) is 0 Å². The van der Waals surface area contributed by atoms with E-state index in [0.29, 0.717) is 6.54 Å². The van der Waals surface area contributed by atoms with Gasteiger partial charge in [0.2, 0.25) is 5.91 Å². The highest BCUT2D eigenvalue weighted by molar-refractivity contribution is 5.93. The van der Waals surface area contributed by atoms with Crippen molar-refractivity contribution in [2.75, 3.05) is 25.0 Å². The van der Waals surface area contributed by atoms with E-state index in [2.05, 4.69) is 64.7 Å². The second kappa shape index (κ2) is 8.67. The van der Waals surface area contributed by atoms with Crippen molar-refractivity contribution in [1.29, 1.82) is 0 Å². The third kappa shape index (κ3) is 4.36. The number of carbonyl (C=O) groups is 1. The van der Waals surface area contributed by atoms with Gasteiger partial charge < -0.3 is 5.32 Å². The van der Waals surface area contributed by atoms with Gasteiger partial charge in [0.1, 0.15) is 0 Å². The minimum Gasteiger partial charge on any atom is -0.322 e. The van der Waals surface area contributed by atoms with Gasteiger partial charge in [-0.2, -0.15) is 5.10 Å². The van der Waals surface area contributed by atoms with Crippen LogP contribution in [0, 0.1) is 20.8 Å². The number of aryl methyl sites for hydroxylation is 2. The smallest absolute Gasteiger partial charge is 0.238 e. The Bertz CT molecular complexity index is 1060. The molecule has 0 radical (unpaired) electrons. The molecule has 2 aromatic carbocycles. The highest BCUT2D eigenvalue weighted by Crippen LogP contribution is 2.24. The number of aromatic nitrogens is 2. The molecule has 3 aromatic rings. The molecule has 5 nitrogen and oxygen atoms in total. The molecule has 0 fully saturated rings. The first-order valence-electron chi connectivity index (χ1n) is 10.4. The van der Waals surface area contributed by atoms with Crippen molar-refractivity contribution in [1.82, 2.24) is 14.7 Å². The maximum atomic E-state index is 12.7. The van der Waals surface area contributed by atoms with Crippen molar-refractivity contribution in [2.24, 2.45) is 0 Å². The van der Waals surface area contributed by atoms with Gasteiger partial charge in [0.25, 0.3) is 0 Å². The van der Waals surface area contributed by atoms with Crippen LogP contribution in [0.1, 0.15) is 28.9 Å². The topological polar surface area (TPSA) is 50.2 Å². The largest absolute Gasteiger partial charge is 0.322 e. The lowest BCUT2D eigenvalue weighted by atomic mass is 10.00. The minimum absolute atomic E-state index is 0.00113. The lowest BCUT2D eigenvalue weighted by molar-refractivity contribution is -0.117. The van der Waals surface area contributed by atoms with Crippen LogP contribution in [0.25, 0.3) is 11.3 Å². The molecule has 1 aliphatic rings. The van der Waals surface area contributed by atoms with Crippen LogP contribution in [0.5, 0.6) is 0 Å². The first kappa shape index (κ1) is 20.1. The van der Waals surface area contributed by atoms with E-state index < -0.39 is 0 Å². The molecule has 0 atom stereocenters. The van der Waals surface area contributed by atoms with Crippen molar-refractivity contribution in [3.8, 4) is 5.69 Å². The maximum Gasteiger partial charge on any atom is 0.238 e. The average Bonchev–Trinajstić information content (AvgIpc) is 3.04. The van der Waals surface area contributed by atoms with Crippen LogP contribution in [0.3, 0.4) is 0 Å². The Kier molecular flexibility index (Phi) is 5.81. The van der Waals surface area contributed by atoms with Crippen molar-refractivity contribution >= 4 is 17.2 Å². The Morgan fingerprint density at radius 1 is 1.03 bits per heavy atom. The van der Waals surface area contributed by atoms with Crippen LogP contribution in [-0.2, 0) is 4.79 Å². The number of anilines is 1. The zero-order valence-corrected chi connectivity index (χ0v) is 17.9. The molecule has 1 N–H and O–H groups in total. The molecule has 0 aliphatic carbocycles. The zero-order valence-electron chi connectivity index (χ0n) is 17.9. The maximum absolute atomic E-state index is 12.7. The number of nitrogens with one attached hydrogen (secondary N) is 1. The van der Waals surface area contributed by atoms with Crippen LogP contribution in [0.15, 0.2) is 60.7 Å². The van der Waals surface area contributed by atoms with Crippen molar-refractivity contribution in [3.63, 3.8) is 0 Å². The molecule has 0 unspecified atom stereocenters. The first-order chi connectivity index (χ1) is 14.5. The van der Waals surface area contributed by atoms with Crippen LogP contribution in [0.4, 0.5) is 5.69 Å². The van der Waals surface area contributed by atoms with Crippen molar-refractivity contribution in [2.45, 2.75) is 27.2 Å². The fraction of sp³-hybridized carbons (Fsp3) is 0.280. The fourth-order valence-electron chi connectivity index (χ4n) is 3.91. The minimum atomic E-state index is 0.00113. The Balaban J connectivity index is 1.40. The van der Waals surface area contributed by atoms with Gasteiger partial charge in [-0.25, -0.2) is 4.68 Å². The van der Waals surface area contributed by atoms with E-state index >= 15 is 0 Å². The Hall–Kier alpha value is -3.18. The van der Waals surface area contributed by atoms with E-state index in [1.54, 1.807) is 0 Å². The quantitative estimate of drug-likeness (QED) is 0.685. The standard InChI is InChI=1S/C25H28N4O/c1-18-9-11-23(12-10-18)29-20(3)25(19(2)27-29)26-24(30)17-28-15-13-22(14-16-28)21-7-5-4-6-8-21/h4-13H,14-17H2,1-3H3,(H,26,30). The summed E-state index contributed by atoms with van der Waals surface area (Å²) in [5, 5.41) is 7.72. The van der Waals surface area contributed by atoms with E-state index in [0.717, 1.165) is 42.3 Å². The predicted molar refractivity (Wildman–Crippen MR) is 122 cm³/mol. The number of benzene rings is 2. The molecule has 4 rings (SSSR count). The Morgan fingerprint density at radius 2 is 1.77 bits per heavy atom. The summed E-state index contributed by atoms with van der Waals surface area (Å²) in [4.78, 5) is 14.9. The summed E-state index contributed by atoms with van der Waals surface area (Å²) in [7, 11) is 0. The Labute approximate surface area is 178 Å². The highest BCUT2D eigenvalue weighted by atomic mass is 16.2. The van der Waals surface area contributed by atoms with Gasteiger partial charge in [0.15, 0.2) is 0 Å². The van der Waals surface area contributed by atoms with Gasteiger partial charge in [0, 0.05) is 13.1 Å². The second-order valence-corrected chi connectivity index (χ2v) is 7.92. The molecule has 1 aromatic heterocycles. The number of hydrogen-bond donors (Lipinski definition) is 1. The average molecular weight is 401 g/mol. The van der Waals surface area contributed by atoms with Crippen LogP contribution >= 0.6 is 0 Å². The first-order valence-corrected chi connectivity index (χ1v) is 10.4. The highest BCUT2D eigenvalue weighted by Gasteiger charge is 2.19. The van der Waals surface area contributed by atoms with Gasteiger partial charge in [-0.1, -0.05) is 54.1 Å². The molecule has 2 heterocycles. The molecular weight excluding hydrogens is 372 g/mol. The molecule has 0 bridgehead atoms. The fourth-order valence-corrected chi connectivity index (χ4v) is 3.91. The summed E-state index contributed by atoms with van der Waals surface area (Å²) in [5.74, 6) is 0.00113. The molecule has 0 saturated heterocycles. The second-order valence-electron chi connectivity index (χ2n) is 7.92. The number of nitrogens with zero attached hydrogens (tertiary/aromatic N) is 3. The molecule has 5 heteroatoms. The van der Waals surface area contributed by atoms with Crippen LogP contribution in [-0.4, -0.2) is 40.2 Å². The van der Waals surface area contributed by atoms with Gasteiger partial charge in [0.05, 0.1) is 29.3 Å². The molecule has 154 valence electrons. The van der Waals surface area contributed by atoms with E-state index in [1.807, 2.05) is 36.7 Å². The van der Waals surface area contributed by atoms with E-state index in [-0.39, 0.29) is 5.91 Å². The summed E-state index contributed by atoms with van der Waals surface area (Å²) >= 11 is 0. The molecule has 0 spiro atoms. The molecular formula is C25H28N4O. The molecule has 1 aliphatic heterocycles. The zero-order chi connectivity index (χ0) is 21.1. The third-order valence-electron chi connectivity index (χ3n) is 5.64. The van der Waals surface area contributed by atoms with Gasteiger partial charge >= 0.3 is 0 Å². The summed E-state index contributed by atoms with van der Waals surface area (Å²) in [6, 6.07) is 18.7. The van der Waals surface area contributed by atoms with Gasteiger partial charge in [-0.3, -0.25) is 9.69 Å². The summed E-state index contributed by atoms with van der Waals surface area (Å²) in [5.41, 5.74) is 7.41. The number of hydrogen-bond acceptors (Lipinski definition) is 3. The predicted octanol–water partition coefficient (Wildman–Crippen LogP) is 4.53. The lowest BCUT2D eigenvalue weighted by Crippen LogP contribution is -2.36. The normalized spacial score (nSPS) is 14.4. The van der Waals surface area contributed by atoms with Gasteiger partial charge in [-0.05, 0) is 50.5 Å². The Morgan fingerprint density at radius 3 is 2.43 bits per heavy atom. The molecule has 0 saturated carbocycles. The third-order valence-corrected chi connectivity index (χ3v) is 5.64. The monoisotopic (exact) mass is 400 g/mol. The van der Waals surface area contributed by atoms with Crippen LogP contribution in [0.2, 0.25) is 0 Å². The number of carbonyl (C=O) groups excluding carboxylic acids is 1.